The Hall–Kier alpha value is -1.90. The number of amides is 1. The van der Waals surface area contributed by atoms with Gasteiger partial charge < -0.3 is 14.4 Å². The highest BCUT2D eigenvalue weighted by Gasteiger charge is 2.37. The number of rotatable bonds is 3. The van der Waals surface area contributed by atoms with Gasteiger partial charge in [0, 0.05) is 11.5 Å². The third-order valence-corrected chi connectivity index (χ3v) is 2.47. The van der Waals surface area contributed by atoms with Crippen molar-refractivity contribution in [3.63, 3.8) is 0 Å². The van der Waals surface area contributed by atoms with Gasteiger partial charge in [-0.25, -0.2) is 4.79 Å². The topological polar surface area (TPSA) is 87.5 Å². The molecular formula is C12H18N4O3. The Morgan fingerprint density at radius 2 is 2.26 bits per heavy atom. The lowest BCUT2D eigenvalue weighted by molar-refractivity contribution is 0.0236. The third-order valence-electron chi connectivity index (χ3n) is 2.47. The van der Waals surface area contributed by atoms with Gasteiger partial charge >= 0.3 is 6.09 Å². The molecule has 7 nitrogen and oxygen atoms in total. The standard InChI is InChI=1S/C12H18N4O3/c1-5-6-18-10-8-16(7-9(10)14-15-13)11(17)19-12(2,3)4/h1,9-10H,6-8H2,2-4H3/t9?,10-/m1/s1. The zero-order chi connectivity index (χ0) is 14.5. The lowest BCUT2D eigenvalue weighted by atomic mass is 10.2. The summed E-state index contributed by atoms with van der Waals surface area (Å²) in [6.07, 6.45) is 4.28. The average molecular weight is 266 g/mol. The molecule has 19 heavy (non-hydrogen) atoms. The fraction of sp³-hybridized carbons (Fsp3) is 0.750. The first-order valence-corrected chi connectivity index (χ1v) is 5.94. The Labute approximate surface area is 112 Å². The van der Waals surface area contributed by atoms with Gasteiger partial charge in [0.1, 0.15) is 12.2 Å². The largest absolute Gasteiger partial charge is 0.444 e. The van der Waals surface area contributed by atoms with E-state index in [1.54, 1.807) is 20.8 Å². The number of hydrogen-bond acceptors (Lipinski definition) is 4. The number of likely N-dealkylation sites (tertiary alicyclic amines) is 1. The molecule has 0 aromatic heterocycles. The molecule has 0 bridgehead atoms. The maximum absolute atomic E-state index is 11.9. The van der Waals surface area contributed by atoms with Gasteiger partial charge in [0.2, 0.25) is 0 Å². The Balaban J connectivity index is 2.66. The molecule has 0 radical (unpaired) electrons. The van der Waals surface area contributed by atoms with E-state index in [9.17, 15) is 4.79 Å². The quantitative estimate of drug-likeness (QED) is 0.338. The van der Waals surface area contributed by atoms with E-state index in [2.05, 4.69) is 15.9 Å². The van der Waals surface area contributed by atoms with E-state index in [0.29, 0.717) is 6.54 Å². The Bertz CT molecular complexity index is 418. The van der Waals surface area contributed by atoms with E-state index < -0.39 is 17.7 Å². The van der Waals surface area contributed by atoms with Crippen molar-refractivity contribution in [3.05, 3.63) is 10.4 Å². The summed E-state index contributed by atoms with van der Waals surface area (Å²) in [5, 5.41) is 3.62. The van der Waals surface area contributed by atoms with E-state index in [1.807, 2.05) is 0 Å². The van der Waals surface area contributed by atoms with Gasteiger partial charge in [0.25, 0.3) is 0 Å². The molecule has 1 aliphatic rings. The zero-order valence-electron chi connectivity index (χ0n) is 11.4. The molecule has 0 spiro atoms. The number of ether oxygens (including phenoxy) is 2. The predicted octanol–water partition coefficient (Wildman–Crippen LogP) is 1.93. The van der Waals surface area contributed by atoms with Crippen molar-refractivity contribution in [1.29, 1.82) is 0 Å². The molecule has 0 aliphatic carbocycles. The molecule has 104 valence electrons. The summed E-state index contributed by atoms with van der Waals surface area (Å²) in [4.78, 5) is 16.1. The van der Waals surface area contributed by atoms with Gasteiger partial charge in [-0.1, -0.05) is 11.0 Å². The number of carbonyl (C=O) groups is 1. The minimum absolute atomic E-state index is 0.115. The molecule has 1 amide bonds. The molecule has 0 saturated carbocycles. The van der Waals surface area contributed by atoms with Crippen molar-refractivity contribution in [2.24, 2.45) is 5.11 Å². The minimum atomic E-state index is -0.567. The maximum atomic E-state index is 11.9. The molecule has 1 fully saturated rings. The van der Waals surface area contributed by atoms with Crippen LogP contribution in [0.4, 0.5) is 4.79 Å². The lowest BCUT2D eigenvalue weighted by Crippen LogP contribution is -2.36. The van der Waals surface area contributed by atoms with Crippen LogP contribution in [0.5, 0.6) is 0 Å². The fourth-order valence-corrected chi connectivity index (χ4v) is 1.73. The number of nitrogens with zero attached hydrogens (tertiary/aromatic N) is 4. The molecule has 1 saturated heterocycles. The monoisotopic (exact) mass is 266 g/mol. The minimum Gasteiger partial charge on any atom is -0.444 e. The molecule has 2 atom stereocenters. The van der Waals surface area contributed by atoms with E-state index in [-0.39, 0.29) is 19.3 Å². The molecule has 7 heteroatoms. The van der Waals surface area contributed by atoms with Crippen LogP contribution in [0.3, 0.4) is 0 Å². The van der Waals surface area contributed by atoms with Crippen molar-refractivity contribution in [3.8, 4) is 12.3 Å². The smallest absolute Gasteiger partial charge is 0.410 e. The van der Waals surface area contributed by atoms with Crippen LogP contribution in [0.25, 0.3) is 10.4 Å². The van der Waals surface area contributed by atoms with Crippen molar-refractivity contribution < 1.29 is 14.3 Å². The van der Waals surface area contributed by atoms with Gasteiger partial charge in [-0.2, -0.15) is 0 Å². The molecule has 0 N–H and O–H groups in total. The summed E-state index contributed by atoms with van der Waals surface area (Å²) in [6.45, 7) is 6.06. The number of carbonyl (C=O) groups excluding carboxylic acids is 1. The highest BCUT2D eigenvalue weighted by Crippen LogP contribution is 2.20. The lowest BCUT2D eigenvalue weighted by Gasteiger charge is -2.24. The molecule has 1 rings (SSSR count). The van der Waals surface area contributed by atoms with E-state index in [4.69, 9.17) is 21.4 Å². The van der Waals surface area contributed by atoms with Crippen molar-refractivity contribution in [2.75, 3.05) is 19.7 Å². The molecule has 1 aliphatic heterocycles. The van der Waals surface area contributed by atoms with Crippen LogP contribution in [0.1, 0.15) is 20.8 Å². The van der Waals surface area contributed by atoms with Gasteiger partial charge in [-0.15, -0.1) is 6.42 Å². The van der Waals surface area contributed by atoms with Crippen LogP contribution >= 0.6 is 0 Å². The SMILES string of the molecule is C#CCO[C@@H]1CN(C(=O)OC(C)(C)C)CC1N=[N+]=[N-]. The summed E-state index contributed by atoms with van der Waals surface area (Å²) >= 11 is 0. The second kappa shape index (κ2) is 6.32. The second-order valence-electron chi connectivity index (χ2n) is 5.21. The van der Waals surface area contributed by atoms with E-state index in [0.717, 1.165) is 0 Å². The third kappa shape index (κ3) is 4.70. The van der Waals surface area contributed by atoms with Crippen LogP contribution in [-0.4, -0.2) is 48.4 Å². The van der Waals surface area contributed by atoms with Gasteiger partial charge in [0.05, 0.1) is 18.7 Å². The summed E-state index contributed by atoms with van der Waals surface area (Å²) in [7, 11) is 0. The van der Waals surface area contributed by atoms with Gasteiger partial charge in [-0.3, -0.25) is 0 Å². The summed E-state index contributed by atoms with van der Waals surface area (Å²) < 4.78 is 10.6. The summed E-state index contributed by atoms with van der Waals surface area (Å²) in [5.74, 6) is 2.35. The average Bonchev–Trinajstić information content (AvgIpc) is 2.68. The first-order valence-electron chi connectivity index (χ1n) is 5.94. The Morgan fingerprint density at radius 3 is 2.79 bits per heavy atom. The van der Waals surface area contributed by atoms with Crippen LogP contribution in [0.15, 0.2) is 5.11 Å². The Morgan fingerprint density at radius 1 is 1.58 bits per heavy atom. The van der Waals surface area contributed by atoms with Crippen molar-refractivity contribution in [1.82, 2.24) is 4.90 Å². The zero-order valence-corrected chi connectivity index (χ0v) is 11.4. The number of hydrogen-bond donors (Lipinski definition) is 0. The van der Waals surface area contributed by atoms with Crippen molar-refractivity contribution >= 4 is 6.09 Å². The fourth-order valence-electron chi connectivity index (χ4n) is 1.73. The molecular weight excluding hydrogens is 248 g/mol. The number of azide groups is 1. The molecule has 1 heterocycles. The first kappa shape index (κ1) is 15.2. The highest BCUT2D eigenvalue weighted by molar-refractivity contribution is 5.68. The van der Waals surface area contributed by atoms with E-state index >= 15 is 0 Å². The normalized spacial score (nSPS) is 22.5. The van der Waals surface area contributed by atoms with Crippen LogP contribution in [-0.2, 0) is 9.47 Å². The van der Waals surface area contributed by atoms with Crippen LogP contribution in [0.2, 0.25) is 0 Å². The van der Waals surface area contributed by atoms with Gasteiger partial charge in [-0.05, 0) is 26.3 Å². The van der Waals surface area contributed by atoms with Crippen LogP contribution < -0.4 is 0 Å². The molecule has 0 aromatic carbocycles. The second-order valence-corrected chi connectivity index (χ2v) is 5.21. The van der Waals surface area contributed by atoms with Crippen molar-refractivity contribution in [2.45, 2.75) is 38.5 Å². The highest BCUT2D eigenvalue weighted by atomic mass is 16.6. The maximum Gasteiger partial charge on any atom is 0.410 e. The van der Waals surface area contributed by atoms with E-state index in [1.165, 1.54) is 4.90 Å². The summed E-state index contributed by atoms with van der Waals surface area (Å²) in [5.41, 5.74) is 7.94. The molecule has 0 aromatic rings. The molecule has 1 unspecified atom stereocenters. The Kier molecular flexibility index (Phi) is 5.04. The van der Waals surface area contributed by atoms with Crippen LogP contribution in [0, 0.1) is 12.3 Å². The predicted molar refractivity (Wildman–Crippen MR) is 69.3 cm³/mol. The number of terminal acetylenes is 1. The first-order chi connectivity index (χ1) is 8.87. The van der Waals surface area contributed by atoms with Gasteiger partial charge in [0.15, 0.2) is 0 Å². The summed E-state index contributed by atoms with van der Waals surface area (Å²) in [6, 6.07) is -0.439.